The van der Waals surface area contributed by atoms with Crippen molar-refractivity contribution in [1.29, 1.82) is 0 Å². The van der Waals surface area contributed by atoms with E-state index >= 15 is 0 Å². The molecule has 0 atom stereocenters. The first kappa shape index (κ1) is 19.8. The number of nitrogens with zero attached hydrogens (tertiary/aromatic N) is 2. The molecule has 0 aliphatic carbocycles. The molecule has 0 radical (unpaired) electrons. The number of aliphatic imine (C=N–C) groups is 1. The molecule has 2 aromatic rings. The molecular weight excluding hydrogens is 348 g/mol. The monoisotopic (exact) mass is 372 g/mol. The normalized spacial score (nSPS) is 11.2. The third kappa shape index (κ3) is 5.77. The lowest BCUT2D eigenvalue weighted by atomic mass is 10.1. The number of benzene rings is 2. The second kappa shape index (κ2) is 9.82. The molecule has 138 valence electrons. The van der Waals surface area contributed by atoms with Crippen molar-refractivity contribution >= 4 is 23.5 Å². The fraction of sp³-hybridized carbons (Fsp3) is 0.300. The molecule has 0 aliphatic heterocycles. The molecule has 0 unspecified atom stereocenters. The Labute approximate surface area is 160 Å². The summed E-state index contributed by atoms with van der Waals surface area (Å²) in [6.45, 7) is 3.80. The highest BCUT2D eigenvalue weighted by atomic mass is 35.5. The van der Waals surface area contributed by atoms with Crippen LogP contribution in [0.15, 0.2) is 53.5 Å². The Kier molecular flexibility index (Phi) is 7.48. The molecule has 0 heterocycles. The van der Waals surface area contributed by atoms with Gasteiger partial charge in [-0.1, -0.05) is 35.9 Å². The number of halogens is 1. The highest BCUT2D eigenvalue weighted by Crippen LogP contribution is 2.12. The standard InChI is InChI=1S/C20H25ClN4O/c1-4-23-19(26)17-9-5-7-15(11-17)13-24-20(22-2)25(3)14-16-8-6-10-18(21)12-16/h5-12H,4,13-14H2,1-3H3,(H,22,24)(H,23,26). The van der Waals surface area contributed by atoms with E-state index in [0.29, 0.717) is 25.2 Å². The zero-order valence-electron chi connectivity index (χ0n) is 15.4. The third-order valence-electron chi connectivity index (χ3n) is 3.86. The third-order valence-corrected chi connectivity index (χ3v) is 4.09. The Morgan fingerprint density at radius 1 is 1.12 bits per heavy atom. The average molecular weight is 373 g/mol. The first-order chi connectivity index (χ1) is 12.5. The highest BCUT2D eigenvalue weighted by Gasteiger charge is 2.08. The second-order valence-electron chi connectivity index (χ2n) is 5.95. The summed E-state index contributed by atoms with van der Waals surface area (Å²) in [7, 11) is 3.73. The van der Waals surface area contributed by atoms with Gasteiger partial charge >= 0.3 is 0 Å². The minimum atomic E-state index is -0.0585. The Morgan fingerprint density at radius 2 is 1.85 bits per heavy atom. The van der Waals surface area contributed by atoms with Gasteiger partial charge in [0.1, 0.15) is 0 Å². The summed E-state index contributed by atoms with van der Waals surface area (Å²) in [5, 5.41) is 6.87. The summed E-state index contributed by atoms with van der Waals surface area (Å²) in [5.74, 6) is 0.713. The van der Waals surface area contributed by atoms with Crippen LogP contribution < -0.4 is 10.6 Å². The van der Waals surface area contributed by atoms with Crippen molar-refractivity contribution in [2.24, 2.45) is 4.99 Å². The van der Waals surface area contributed by atoms with Gasteiger partial charge < -0.3 is 15.5 Å². The largest absolute Gasteiger partial charge is 0.352 e. The summed E-state index contributed by atoms with van der Waals surface area (Å²) < 4.78 is 0. The Balaban J connectivity index is 1.98. The van der Waals surface area contributed by atoms with E-state index < -0.39 is 0 Å². The Bertz CT molecular complexity index is 776. The van der Waals surface area contributed by atoms with Gasteiger partial charge in [0, 0.05) is 44.3 Å². The second-order valence-corrected chi connectivity index (χ2v) is 6.38. The predicted octanol–water partition coefficient (Wildman–Crippen LogP) is 3.30. The number of carbonyl (C=O) groups excluding carboxylic acids is 1. The predicted molar refractivity (Wildman–Crippen MR) is 108 cm³/mol. The Hall–Kier alpha value is -2.53. The lowest BCUT2D eigenvalue weighted by Gasteiger charge is -2.22. The lowest BCUT2D eigenvalue weighted by molar-refractivity contribution is 0.0955. The van der Waals surface area contributed by atoms with Crippen LogP contribution in [-0.4, -0.2) is 37.4 Å². The van der Waals surface area contributed by atoms with E-state index in [1.165, 1.54) is 0 Å². The maximum Gasteiger partial charge on any atom is 0.251 e. The number of rotatable bonds is 6. The van der Waals surface area contributed by atoms with E-state index in [2.05, 4.69) is 15.6 Å². The van der Waals surface area contributed by atoms with Gasteiger partial charge in [0.25, 0.3) is 5.91 Å². The Morgan fingerprint density at radius 3 is 2.54 bits per heavy atom. The maximum atomic E-state index is 12.0. The molecule has 0 spiro atoms. The SMILES string of the molecule is CCNC(=O)c1cccc(CNC(=NC)N(C)Cc2cccc(Cl)c2)c1. The molecule has 6 heteroatoms. The minimum absolute atomic E-state index is 0.0585. The lowest BCUT2D eigenvalue weighted by Crippen LogP contribution is -2.38. The molecule has 0 aliphatic rings. The topological polar surface area (TPSA) is 56.7 Å². The molecule has 2 N–H and O–H groups in total. The van der Waals surface area contributed by atoms with Crippen molar-refractivity contribution in [2.45, 2.75) is 20.0 Å². The highest BCUT2D eigenvalue weighted by molar-refractivity contribution is 6.30. The average Bonchev–Trinajstić information content (AvgIpc) is 2.62. The van der Waals surface area contributed by atoms with Crippen molar-refractivity contribution < 1.29 is 4.79 Å². The number of hydrogen-bond acceptors (Lipinski definition) is 2. The number of guanidine groups is 1. The summed E-state index contributed by atoms with van der Waals surface area (Å²) in [5.41, 5.74) is 2.79. The molecule has 0 saturated heterocycles. The smallest absolute Gasteiger partial charge is 0.251 e. The number of amides is 1. The van der Waals surface area contributed by atoms with Crippen molar-refractivity contribution in [3.63, 3.8) is 0 Å². The van der Waals surface area contributed by atoms with Crippen LogP contribution in [0.2, 0.25) is 5.02 Å². The molecular formula is C20H25ClN4O. The molecule has 26 heavy (non-hydrogen) atoms. The van der Waals surface area contributed by atoms with Crippen LogP contribution in [0.1, 0.15) is 28.4 Å². The quantitative estimate of drug-likeness (QED) is 0.604. The summed E-state index contributed by atoms with van der Waals surface area (Å²) in [6.07, 6.45) is 0. The van der Waals surface area contributed by atoms with E-state index in [-0.39, 0.29) is 5.91 Å². The van der Waals surface area contributed by atoms with Crippen LogP contribution in [0.4, 0.5) is 0 Å². The van der Waals surface area contributed by atoms with Crippen LogP contribution >= 0.6 is 11.6 Å². The van der Waals surface area contributed by atoms with Gasteiger partial charge in [-0.3, -0.25) is 9.79 Å². The number of hydrogen-bond donors (Lipinski definition) is 2. The van der Waals surface area contributed by atoms with Gasteiger partial charge in [0.15, 0.2) is 5.96 Å². The van der Waals surface area contributed by atoms with Crippen LogP contribution in [0.5, 0.6) is 0 Å². The van der Waals surface area contributed by atoms with Crippen molar-refractivity contribution in [1.82, 2.24) is 15.5 Å². The van der Waals surface area contributed by atoms with E-state index in [0.717, 1.165) is 22.1 Å². The zero-order chi connectivity index (χ0) is 18.9. The molecule has 1 amide bonds. The molecule has 2 rings (SSSR count). The molecule has 0 bridgehead atoms. The van der Waals surface area contributed by atoms with Crippen molar-refractivity contribution in [3.05, 3.63) is 70.2 Å². The number of carbonyl (C=O) groups is 1. The summed E-state index contributed by atoms with van der Waals surface area (Å²) in [4.78, 5) is 18.3. The maximum absolute atomic E-state index is 12.0. The van der Waals surface area contributed by atoms with E-state index in [9.17, 15) is 4.79 Å². The zero-order valence-corrected chi connectivity index (χ0v) is 16.2. The first-order valence-electron chi connectivity index (χ1n) is 8.57. The van der Waals surface area contributed by atoms with Crippen LogP contribution in [0, 0.1) is 0 Å². The van der Waals surface area contributed by atoms with Gasteiger partial charge in [0.2, 0.25) is 0 Å². The molecule has 0 fully saturated rings. The van der Waals surface area contributed by atoms with Crippen LogP contribution in [0.25, 0.3) is 0 Å². The molecule has 0 saturated carbocycles. The minimum Gasteiger partial charge on any atom is -0.352 e. The van der Waals surface area contributed by atoms with Gasteiger partial charge in [-0.25, -0.2) is 0 Å². The first-order valence-corrected chi connectivity index (χ1v) is 8.94. The van der Waals surface area contributed by atoms with Crippen molar-refractivity contribution in [2.75, 3.05) is 20.6 Å². The van der Waals surface area contributed by atoms with Crippen molar-refractivity contribution in [3.8, 4) is 0 Å². The van der Waals surface area contributed by atoms with E-state index in [1.54, 1.807) is 7.05 Å². The molecule has 5 nitrogen and oxygen atoms in total. The summed E-state index contributed by atoms with van der Waals surface area (Å²) >= 11 is 6.05. The summed E-state index contributed by atoms with van der Waals surface area (Å²) in [6, 6.07) is 15.4. The fourth-order valence-electron chi connectivity index (χ4n) is 2.64. The van der Waals surface area contributed by atoms with E-state index in [4.69, 9.17) is 11.6 Å². The molecule has 2 aromatic carbocycles. The van der Waals surface area contributed by atoms with Crippen LogP contribution in [0.3, 0.4) is 0 Å². The van der Waals surface area contributed by atoms with Gasteiger partial charge in [-0.15, -0.1) is 0 Å². The van der Waals surface area contributed by atoms with Gasteiger partial charge in [-0.05, 0) is 42.3 Å². The van der Waals surface area contributed by atoms with Gasteiger partial charge in [-0.2, -0.15) is 0 Å². The number of nitrogens with one attached hydrogen (secondary N) is 2. The van der Waals surface area contributed by atoms with Crippen LogP contribution in [-0.2, 0) is 13.1 Å². The molecule has 0 aromatic heterocycles. The van der Waals surface area contributed by atoms with E-state index in [1.807, 2.05) is 67.4 Å². The fourth-order valence-corrected chi connectivity index (χ4v) is 2.85. The van der Waals surface area contributed by atoms with Gasteiger partial charge in [0.05, 0.1) is 0 Å².